The number of carbonyl (C=O) groups excluding carboxylic acids is 2. The fourth-order valence-corrected chi connectivity index (χ4v) is 7.85. The molecule has 5 heteroatoms. The molecule has 7 aromatic carbocycles. The highest BCUT2D eigenvalue weighted by Gasteiger charge is 2.34. The monoisotopic (exact) mass is 558 g/mol. The highest BCUT2D eigenvalue weighted by molar-refractivity contribution is 6.55. The number of ketones is 2. The van der Waals surface area contributed by atoms with Crippen LogP contribution < -0.4 is 0 Å². The van der Waals surface area contributed by atoms with Crippen molar-refractivity contribution in [1.29, 1.82) is 0 Å². The third kappa shape index (κ3) is 2.43. The number of halogens is 3. The lowest BCUT2D eigenvalue weighted by molar-refractivity contribution is 0.103. The Kier molecular flexibility index (Phi) is 4.03. The second kappa shape index (κ2) is 7.16. The van der Waals surface area contributed by atoms with E-state index in [2.05, 4.69) is 12.1 Å². The summed E-state index contributed by atoms with van der Waals surface area (Å²) in [6.45, 7) is 0. The molecule has 0 fully saturated rings. The van der Waals surface area contributed by atoms with Crippen LogP contribution in [0.5, 0.6) is 0 Å². The van der Waals surface area contributed by atoms with Gasteiger partial charge in [-0.2, -0.15) is 0 Å². The smallest absolute Gasteiger partial charge is 0.195 e. The quantitative estimate of drug-likeness (QED) is 0.137. The summed E-state index contributed by atoms with van der Waals surface area (Å²) in [6.07, 6.45) is 0. The molecule has 2 aliphatic carbocycles. The SMILES string of the molecule is O=C1c2ccccc2-c2ccc3c4c(Cl)c(Cl)c5c6c(ccc(c7c(Cl)cc1c2c37)c64)-c1ccccc1C5=O. The van der Waals surface area contributed by atoms with E-state index in [1.165, 1.54) is 0 Å². The molecule has 0 amide bonds. The number of hydrogen-bond acceptors (Lipinski definition) is 2. The van der Waals surface area contributed by atoms with Crippen LogP contribution in [0.15, 0.2) is 78.9 Å². The normalized spacial score (nSPS) is 13.6. The number of rotatable bonds is 0. The van der Waals surface area contributed by atoms with Crippen LogP contribution in [0, 0.1) is 0 Å². The Morgan fingerprint density at radius 1 is 0.410 bits per heavy atom. The molecule has 0 N–H and O–H groups in total. The van der Waals surface area contributed by atoms with E-state index in [0.29, 0.717) is 32.3 Å². The maximum Gasteiger partial charge on any atom is 0.195 e. The molecule has 0 saturated carbocycles. The topological polar surface area (TPSA) is 34.1 Å². The Hall–Kier alpha value is -3.95. The van der Waals surface area contributed by atoms with Crippen LogP contribution in [-0.4, -0.2) is 11.6 Å². The van der Waals surface area contributed by atoms with E-state index in [4.69, 9.17) is 34.8 Å². The van der Waals surface area contributed by atoms with Crippen molar-refractivity contribution in [1.82, 2.24) is 0 Å². The molecule has 7 aromatic rings. The Balaban J connectivity index is 1.59. The van der Waals surface area contributed by atoms with Crippen molar-refractivity contribution in [2.24, 2.45) is 0 Å². The van der Waals surface area contributed by atoms with Gasteiger partial charge in [-0.15, -0.1) is 0 Å². The summed E-state index contributed by atoms with van der Waals surface area (Å²) in [5.41, 5.74) is 5.96. The highest BCUT2D eigenvalue weighted by Crippen LogP contribution is 2.55. The zero-order valence-electron chi connectivity index (χ0n) is 20.0. The summed E-state index contributed by atoms with van der Waals surface area (Å²) in [5.74, 6) is -0.191. The minimum atomic E-state index is -0.141. The van der Waals surface area contributed by atoms with Gasteiger partial charge in [-0.3, -0.25) is 9.59 Å². The van der Waals surface area contributed by atoms with E-state index in [1.54, 1.807) is 6.07 Å². The zero-order chi connectivity index (χ0) is 26.3. The molecule has 0 bridgehead atoms. The van der Waals surface area contributed by atoms with Gasteiger partial charge in [0.15, 0.2) is 11.6 Å². The lowest BCUT2D eigenvalue weighted by Gasteiger charge is -2.27. The molecule has 0 aromatic heterocycles. The molecule has 0 aliphatic heterocycles. The predicted molar refractivity (Wildman–Crippen MR) is 160 cm³/mol. The summed E-state index contributed by atoms with van der Waals surface area (Å²) >= 11 is 21.1. The molecule has 0 spiro atoms. The first-order chi connectivity index (χ1) is 19.0. The second-order valence-corrected chi connectivity index (χ2v) is 11.4. The summed E-state index contributed by atoms with van der Waals surface area (Å²) in [4.78, 5) is 27.5. The summed E-state index contributed by atoms with van der Waals surface area (Å²) in [7, 11) is 0. The summed E-state index contributed by atoms with van der Waals surface area (Å²) in [5, 5.41) is 7.80. The van der Waals surface area contributed by atoms with Gasteiger partial charge in [-0.05, 0) is 39.1 Å². The number of fused-ring (bicyclic) bond motifs is 6. The van der Waals surface area contributed by atoms with E-state index in [9.17, 15) is 9.59 Å². The van der Waals surface area contributed by atoms with Crippen molar-refractivity contribution in [2.75, 3.05) is 0 Å². The van der Waals surface area contributed by atoms with Crippen LogP contribution in [0.1, 0.15) is 31.8 Å². The van der Waals surface area contributed by atoms with Crippen LogP contribution >= 0.6 is 34.8 Å². The lowest BCUT2D eigenvalue weighted by Crippen LogP contribution is -2.12. The van der Waals surface area contributed by atoms with E-state index in [-0.39, 0.29) is 16.6 Å². The van der Waals surface area contributed by atoms with Gasteiger partial charge >= 0.3 is 0 Å². The minimum Gasteiger partial charge on any atom is -0.289 e. The van der Waals surface area contributed by atoms with E-state index >= 15 is 0 Å². The average Bonchev–Trinajstić information content (AvgIpc) is 2.96. The molecule has 39 heavy (non-hydrogen) atoms. The second-order valence-electron chi connectivity index (χ2n) is 10.2. The van der Waals surface area contributed by atoms with Crippen LogP contribution in [0.2, 0.25) is 15.1 Å². The third-order valence-corrected chi connectivity index (χ3v) is 9.66. The lowest BCUT2D eigenvalue weighted by atomic mass is 9.76. The van der Waals surface area contributed by atoms with Gasteiger partial charge < -0.3 is 0 Å². The van der Waals surface area contributed by atoms with Gasteiger partial charge in [0.25, 0.3) is 0 Å². The van der Waals surface area contributed by atoms with Crippen LogP contribution in [0.3, 0.4) is 0 Å². The number of benzene rings is 7. The molecule has 2 aliphatic rings. The highest BCUT2D eigenvalue weighted by atomic mass is 35.5. The van der Waals surface area contributed by atoms with Crippen molar-refractivity contribution >= 4 is 89.5 Å². The molecule has 9 rings (SSSR count). The first kappa shape index (κ1) is 21.9. The van der Waals surface area contributed by atoms with Gasteiger partial charge in [0.2, 0.25) is 0 Å². The first-order valence-corrected chi connectivity index (χ1v) is 13.7. The van der Waals surface area contributed by atoms with Crippen molar-refractivity contribution in [3.8, 4) is 22.3 Å². The third-order valence-electron chi connectivity index (χ3n) is 8.51. The molecule has 0 radical (unpaired) electrons. The van der Waals surface area contributed by atoms with Gasteiger partial charge in [0, 0.05) is 54.0 Å². The number of carbonyl (C=O) groups is 2. The summed E-state index contributed by atoms with van der Waals surface area (Å²) in [6, 6.07) is 25.2. The molecule has 0 unspecified atom stereocenters. The van der Waals surface area contributed by atoms with Crippen molar-refractivity contribution in [3.05, 3.63) is 116 Å². The Bertz CT molecular complexity index is 2350. The molecular formula is C34H13Cl3O2. The first-order valence-electron chi connectivity index (χ1n) is 12.5. The maximum atomic E-state index is 13.8. The van der Waals surface area contributed by atoms with Crippen LogP contribution in [0.4, 0.5) is 0 Å². The number of hydrogen-bond donors (Lipinski definition) is 0. The molecule has 2 nitrogen and oxygen atoms in total. The molecule has 0 atom stereocenters. The maximum absolute atomic E-state index is 13.8. The van der Waals surface area contributed by atoms with Crippen molar-refractivity contribution in [2.45, 2.75) is 0 Å². The van der Waals surface area contributed by atoms with E-state index < -0.39 is 0 Å². The van der Waals surface area contributed by atoms with Gasteiger partial charge in [0.05, 0.1) is 15.6 Å². The Morgan fingerprint density at radius 3 is 1.62 bits per heavy atom. The fraction of sp³-hybridized carbons (Fsp3) is 0. The van der Waals surface area contributed by atoms with Crippen LogP contribution in [-0.2, 0) is 0 Å². The van der Waals surface area contributed by atoms with Gasteiger partial charge in [0.1, 0.15) is 0 Å². The van der Waals surface area contributed by atoms with Crippen molar-refractivity contribution in [3.63, 3.8) is 0 Å². The van der Waals surface area contributed by atoms with Gasteiger partial charge in [-0.25, -0.2) is 0 Å². The molecular weight excluding hydrogens is 547 g/mol. The summed E-state index contributed by atoms with van der Waals surface area (Å²) < 4.78 is 0. The average molecular weight is 560 g/mol. The molecule has 0 heterocycles. The van der Waals surface area contributed by atoms with Gasteiger partial charge in [-0.1, -0.05) is 108 Å². The Labute approximate surface area is 236 Å². The fourth-order valence-electron chi connectivity index (χ4n) is 6.98. The van der Waals surface area contributed by atoms with E-state index in [1.807, 2.05) is 60.7 Å². The Morgan fingerprint density at radius 2 is 0.949 bits per heavy atom. The standard InChI is InChI=1S/C34H13Cl3O2/c35-23-13-22-24-16(14-5-1-3-7-18(14)33(22)38)9-12-21-27(24)25(23)20-11-10-17-15-6-2-4-8-19(15)34(39)30-26(17)28(20)29(21)31(36)32(30)37/h1-13H. The van der Waals surface area contributed by atoms with Crippen LogP contribution in [0.25, 0.3) is 65.3 Å². The largest absolute Gasteiger partial charge is 0.289 e. The predicted octanol–water partition coefficient (Wildman–Crippen LogP) is 10.1. The van der Waals surface area contributed by atoms with Crippen molar-refractivity contribution < 1.29 is 9.59 Å². The minimum absolute atomic E-state index is 0.0499. The van der Waals surface area contributed by atoms with E-state index in [0.717, 1.165) is 65.3 Å². The molecule has 0 saturated heterocycles. The molecule has 182 valence electrons. The zero-order valence-corrected chi connectivity index (χ0v) is 22.2.